The normalized spacial score (nSPS) is 17.9. The Bertz CT molecular complexity index is 266. The number of carbonyl (C=O) groups excluding carboxylic acids is 2. The van der Waals surface area contributed by atoms with Crippen molar-refractivity contribution in [3.8, 4) is 0 Å². The van der Waals surface area contributed by atoms with Gasteiger partial charge in [-0.3, -0.25) is 15.0 Å². The van der Waals surface area contributed by atoms with Crippen LogP contribution in [-0.4, -0.2) is 47.2 Å². The molecular formula is C10H19N3O3. The van der Waals surface area contributed by atoms with Crippen LogP contribution in [0.4, 0.5) is 4.79 Å². The van der Waals surface area contributed by atoms with Gasteiger partial charge in [0.2, 0.25) is 5.91 Å². The highest BCUT2D eigenvalue weighted by Crippen LogP contribution is 2.26. The molecule has 0 aromatic rings. The van der Waals surface area contributed by atoms with Crippen molar-refractivity contribution in [1.82, 2.24) is 10.2 Å². The molecule has 16 heavy (non-hydrogen) atoms. The first kappa shape index (κ1) is 12.9. The lowest BCUT2D eigenvalue weighted by atomic mass is 9.90. The van der Waals surface area contributed by atoms with Crippen molar-refractivity contribution < 1.29 is 14.7 Å². The molecule has 0 aliphatic heterocycles. The maximum Gasteiger partial charge on any atom is 0.318 e. The van der Waals surface area contributed by atoms with Crippen molar-refractivity contribution >= 4 is 11.9 Å². The van der Waals surface area contributed by atoms with E-state index in [-0.39, 0.29) is 6.61 Å². The lowest BCUT2D eigenvalue weighted by Crippen LogP contribution is -2.54. The monoisotopic (exact) mass is 229 g/mol. The highest BCUT2D eigenvalue weighted by atomic mass is 16.3. The Labute approximate surface area is 94.8 Å². The van der Waals surface area contributed by atoms with Crippen molar-refractivity contribution in [3.63, 3.8) is 0 Å². The summed E-state index contributed by atoms with van der Waals surface area (Å²) >= 11 is 0. The zero-order chi connectivity index (χ0) is 12.1. The average Bonchev–Trinajstić information content (AvgIpc) is 2.12. The number of nitrogens with one attached hydrogen (secondary N) is 1. The third-order valence-electron chi connectivity index (χ3n) is 3.03. The van der Waals surface area contributed by atoms with E-state index in [2.05, 4.69) is 5.32 Å². The molecule has 1 saturated carbocycles. The Morgan fingerprint density at radius 1 is 1.56 bits per heavy atom. The van der Waals surface area contributed by atoms with Crippen LogP contribution in [0.15, 0.2) is 0 Å². The van der Waals surface area contributed by atoms with Crippen molar-refractivity contribution in [2.24, 2.45) is 5.73 Å². The molecule has 0 aromatic heterocycles. The number of hydrogen-bond acceptors (Lipinski definition) is 4. The van der Waals surface area contributed by atoms with Crippen LogP contribution in [0.3, 0.4) is 0 Å². The van der Waals surface area contributed by atoms with Gasteiger partial charge in [-0.15, -0.1) is 0 Å². The van der Waals surface area contributed by atoms with Crippen LogP contribution in [-0.2, 0) is 4.79 Å². The molecule has 1 unspecified atom stereocenters. The summed E-state index contributed by atoms with van der Waals surface area (Å²) in [7, 11) is 0. The minimum absolute atomic E-state index is 0.00465. The van der Waals surface area contributed by atoms with E-state index in [9.17, 15) is 9.59 Å². The van der Waals surface area contributed by atoms with Crippen LogP contribution in [0.2, 0.25) is 0 Å². The molecule has 1 rings (SSSR count). The first-order chi connectivity index (χ1) is 7.56. The Balaban J connectivity index is 2.54. The van der Waals surface area contributed by atoms with Gasteiger partial charge in [0, 0.05) is 12.6 Å². The predicted octanol–water partition coefficient (Wildman–Crippen LogP) is -0.583. The number of nitrogens with zero attached hydrogens (tertiary/aromatic N) is 1. The maximum atomic E-state index is 11.6. The second-order valence-corrected chi connectivity index (χ2v) is 4.08. The maximum absolute atomic E-state index is 11.6. The van der Waals surface area contributed by atoms with Crippen LogP contribution >= 0.6 is 0 Å². The van der Waals surface area contributed by atoms with Gasteiger partial charge in [-0.05, 0) is 19.8 Å². The quantitative estimate of drug-likeness (QED) is 0.587. The van der Waals surface area contributed by atoms with Crippen molar-refractivity contribution in [2.45, 2.75) is 38.3 Å². The molecule has 6 nitrogen and oxygen atoms in total. The number of imide groups is 1. The highest BCUT2D eigenvalue weighted by molar-refractivity contribution is 5.96. The number of rotatable bonds is 5. The van der Waals surface area contributed by atoms with Gasteiger partial charge in [0.05, 0.1) is 12.6 Å². The summed E-state index contributed by atoms with van der Waals surface area (Å²) < 4.78 is 0. The van der Waals surface area contributed by atoms with E-state index in [1.807, 2.05) is 4.90 Å². The summed E-state index contributed by atoms with van der Waals surface area (Å²) in [6.45, 7) is 2.16. The fraction of sp³-hybridized carbons (Fsp3) is 0.800. The molecule has 1 aliphatic carbocycles. The van der Waals surface area contributed by atoms with Crippen molar-refractivity contribution in [3.05, 3.63) is 0 Å². The molecule has 1 fully saturated rings. The minimum Gasteiger partial charge on any atom is -0.395 e. The molecule has 0 spiro atoms. The lowest BCUT2D eigenvalue weighted by molar-refractivity contribution is -0.126. The van der Waals surface area contributed by atoms with Gasteiger partial charge in [-0.1, -0.05) is 6.42 Å². The molecule has 92 valence electrons. The number of amides is 3. The number of primary amides is 1. The first-order valence-electron chi connectivity index (χ1n) is 5.53. The Morgan fingerprint density at radius 2 is 2.19 bits per heavy atom. The molecule has 0 radical (unpaired) electrons. The van der Waals surface area contributed by atoms with E-state index >= 15 is 0 Å². The average molecular weight is 229 g/mol. The zero-order valence-electron chi connectivity index (χ0n) is 9.48. The molecule has 0 heterocycles. The number of aliphatic hydroxyl groups excluding tert-OH is 1. The molecule has 4 N–H and O–H groups in total. The Hall–Kier alpha value is -1.14. The van der Waals surface area contributed by atoms with E-state index in [4.69, 9.17) is 10.8 Å². The first-order valence-corrected chi connectivity index (χ1v) is 5.53. The van der Waals surface area contributed by atoms with Gasteiger partial charge < -0.3 is 10.8 Å². The zero-order valence-corrected chi connectivity index (χ0v) is 9.48. The fourth-order valence-corrected chi connectivity index (χ4v) is 1.90. The van der Waals surface area contributed by atoms with E-state index in [0.717, 1.165) is 19.3 Å². The lowest BCUT2D eigenvalue weighted by Gasteiger charge is -2.40. The molecule has 0 aromatic carbocycles. The Kier molecular flexibility index (Phi) is 4.70. The number of hydrogen-bond donors (Lipinski definition) is 3. The topological polar surface area (TPSA) is 95.7 Å². The standard InChI is InChI=1S/C10H19N3O3/c1-7(9(15)12-10(11)16)13(5-6-14)8-3-2-4-8/h7-8,14H,2-6H2,1H3,(H3,11,12,15,16). The van der Waals surface area contributed by atoms with Gasteiger partial charge in [0.15, 0.2) is 0 Å². The second kappa shape index (κ2) is 5.81. The van der Waals surface area contributed by atoms with E-state index in [0.29, 0.717) is 12.6 Å². The van der Waals surface area contributed by atoms with E-state index < -0.39 is 18.0 Å². The summed E-state index contributed by atoms with van der Waals surface area (Å²) in [5.41, 5.74) is 4.89. The summed E-state index contributed by atoms with van der Waals surface area (Å²) in [6, 6.07) is -0.944. The predicted molar refractivity (Wildman–Crippen MR) is 58.6 cm³/mol. The van der Waals surface area contributed by atoms with Crippen LogP contribution in [0.5, 0.6) is 0 Å². The Morgan fingerprint density at radius 3 is 2.56 bits per heavy atom. The minimum atomic E-state index is -0.839. The van der Waals surface area contributed by atoms with Crippen molar-refractivity contribution in [1.29, 1.82) is 0 Å². The molecule has 1 aliphatic rings. The van der Waals surface area contributed by atoms with Crippen LogP contribution < -0.4 is 11.1 Å². The SMILES string of the molecule is CC(C(=O)NC(N)=O)N(CCO)C1CCC1. The van der Waals surface area contributed by atoms with Gasteiger partial charge >= 0.3 is 6.03 Å². The molecule has 0 saturated heterocycles. The molecule has 1 atom stereocenters. The number of nitrogens with two attached hydrogens (primary N) is 1. The summed E-state index contributed by atoms with van der Waals surface area (Å²) in [4.78, 5) is 24.1. The van der Waals surface area contributed by atoms with E-state index in [1.165, 1.54) is 0 Å². The fourth-order valence-electron chi connectivity index (χ4n) is 1.90. The summed E-state index contributed by atoms with van der Waals surface area (Å²) in [5.74, 6) is -0.409. The molecule has 3 amide bonds. The second-order valence-electron chi connectivity index (χ2n) is 4.08. The van der Waals surface area contributed by atoms with Gasteiger partial charge in [-0.2, -0.15) is 0 Å². The van der Waals surface area contributed by atoms with Gasteiger partial charge in [0.25, 0.3) is 0 Å². The largest absolute Gasteiger partial charge is 0.395 e. The highest BCUT2D eigenvalue weighted by Gasteiger charge is 2.31. The van der Waals surface area contributed by atoms with E-state index in [1.54, 1.807) is 6.92 Å². The third-order valence-corrected chi connectivity index (χ3v) is 3.03. The summed E-state index contributed by atoms with van der Waals surface area (Å²) in [6.07, 6.45) is 3.22. The molecule has 6 heteroatoms. The van der Waals surface area contributed by atoms with Crippen LogP contribution in [0.1, 0.15) is 26.2 Å². The van der Waals surface area contributed by atoms with Gasteiger partial charge in [-0.25, -0.2) is 4.79 Å². The third kappa shape index (κ3) is 3.18. The van der Waals surface area contributed by atoms with Gasteiger partial charge in [0.1, 0.15) is 0 Å². The number of urea groups is 1. The summed E-state index contributed by atoms with van der Waals surface area (Å²) in [5, 5.41) is 11.0. The smallest absolute Gasteiger partial charge is 0.318 e. The van der Waals surface area contributed by atoms with Crippen LogP contribution in [0, 0.1) is 0 Å². The number of aliphatic hydroxyl groups is 1. The molecular weight excluding hydrogens is 210 g/mol. The molecule has 0 bridgehead atoms. The van der Waals surface area contributed by atoms with Crippen LogP contribution in [0.25, 0.3) is 0 Å². The number of carbonyl (C=O) groups is 2. The van der Waals surface area contributed by atoms with Crippen molar-refractivity contribution in [2.75, 3.05) is 13.2 Å².